The van der Waals surface area contributed by atoms with E-state index in [1.807, 2.05) is 6.07 Å². The molecule has 0 aromatic heterocycles. The Balaban J connectivity index is 2.42. The molecule has 0 atom stereocenters. The molecule has 0 unspecified atom stereocenters. The lowest BCUT2D eigenvalue weighted by Crippen LogP contribution is -2.41. The van der Waals surface area contributed by atoms with Crippen LogP contribution in [0, 0.1) is 0 Å². The van der Waals surface area contributed by atoms with Crippen LogP contribution in [0.2, 0.25) is 0 Å². The first-order chi connectivity index (χ1) is 7.65. The standard InChI is InChI=1S/C12H15NO3/c13-10-3-1-2-9(8-10)12(11(14)15)4-6-16-7-5-12/h1-3,8H,4-7,13H2,(H,14,15). The average Bonchev–Trinajstić information content (AvgIpc) is 2.30. The summed E-state index contributed by atoms with van der Waals surface area (Å²) in [4.78, 5) is 11.5. The molecule has 1 fully saturated rings. The van der Waals surface area contributed by atoms with E-state index in [0.717, 1.165) is 5.56 Å². The van der Waals surface area contributed by atoms with Crippen molar-refractivity contribution in [3.63, 3.8) is 0 Å². The summed E-state index contributed by atoms with van der Waals surface area (Å²) in [5, 5.41) is 9.44. The van der Waals surface area contributed by atoms with Crippen molar-refractivity contribution in [2.45, 2.75) is 18.3 Å². The van der Waals surface area contributed by atoms with Crippen molar-refractivity contribution in [3.05, 3.63) is 29.8 Å². The maximum Gasteiger partial charge on any atom is 0.314 e. The zero-order valence-corrected chi connectivity index (χ0v) is 8.98. The van der Waals surface area contributed by atoms with Crippen LogP contribution < -0.4 is 5.73 Å². The fraction of sp³-hybridized carbons (Fsp3) is 0.417. The normalized spacial score (nSPS) is 19.2. The Bertz CT molecular complexity index is 397. The second-order valence-electron chi connectivity index (χ2n) is 4.13. The van der Waals surface area contributed by atoms with E-state index in [2.05, 4.69) is 0 Å². The third-order valence-corrected chi connectivity index (χ3v) is 3.19. The maximum absolute atomic E-state index is 11.5. The van der Waals surface area contributed by atoms with Gasteiger partial charge in [-0.1, -0.05) is 12.1 Å². The van der Waals surface area contributed by atoms with Gasteiger partial charge < -0.3 is 15.6 Å². The molecule has 0 bridgehead atoms. The van der Waals surface area contributed by atoms with E-state index in [4.69, 9.17) is 10.5 Å². The fourth-order valence-corrected chi connectivity index (χ4v) is 2.18. The number of benzene rings is 1. The monoisotopic (exact) mass is 221 g/mol. The molecule has 1 aliphatic heterocycles. The minimum Gasteiger partial charge on any atom is -0.481 e. The summed E-state index contributed by atoms with van der Waals surface area (Å²) in [5.41, 5.74) is 6.26. The van der Waals surface area contributed by atoms with E-state index in [-0.39, 0.29) is 0 Å². The van der Waals surface area contributed by atoms with Gasteiger partial charge in [-0.15, -0.1) is 0 Å². The van der Waals surface area contributed by atoms with Gasteiger partial charge in [-0.3, -0.25) is 4.79 Å². The van der Waals surface area contributed by atoms with Gasteiger partial charge in [-0.2, -0.15) is 0 Å². The highest BCUT2D eigenvalue weighted by atomic mass is 16.5. The number of rotatable bonds is 2. The molecule has 3 N–H and O–H groups in total. The summed E-state index contributed by atoms with van der Waals surface area (Å²) in [6, 6.07) is 7.14. The fourth-order valence-electron chi connectivity index (χ4n) is 2.18. The Kier molecular flexibility index (Phi) is 2.83. The number of nitrogens with two attached hydrogens (primary N) is 1. The van der Waals surface area contributed by atoms with Gasteiger partial charge in [-0.25, -0.2) is 0 Å². The first-order valence-corrected chi connectivity index (χ1v) is 5.32. The summed E-state index contributed by atoms with van der Waals surface area (Å²) in [5.74, 6) is -0.790. The molecule has 1 aromatic carbocycles. The SMILES string of the molecule is Nc1cccc(C2(C(=O)O)CCOCC2)c1. The number of aliphatic carboxylic acids is 1. The summed E-state index contributed by atoms with van der Waals surface area (Å²) < 4.78 is 5.23. The molecular formula is C12H15NO3. The van der Waals surface area contributed by atoms with Crippen LogP contribution in [0.5, 0.6) is 0 Å². The van der Waals surface area contributed by atoms with Crippen molar-refractivity contribution in [1.29, 1.82) is 0 Å². The van der Waals surface area contributed by atoms with Gasteiger partial charge in [0, 0.05) is 18.9 Å². The highest BCUT2D eigenvalue weighted by Gasteiger charge is 2.41. The van der Waals surface area contributed by atoms with Crippen LogP contribution in [0.1, 0.15) is 18.4 Å². The Morgan fingerprint density at radius 2 is 2.06 bits per heavy atom. The van der Waals surface area contributed by atoms with Gasteiger partial charge in [-0.05, 0) is 30.5 Å². The van der Waals surface area contributed by atoms with Crippen LogP contribution in [-0.2, 0) is 14.9 Å². The maximum atomic E-state index is 11.5. The molecule has 0 radical (unpaired) electrons. The summed E-state index contributed by atoms with van der Waals surface area (Å²) in [6.45, 7) is 0.974. The van der Waals surface area contributed by atoms with Gasteiger partial charge in [0.05, 0.1) is 5.41 Å². The van der Waals surface area contributed by atoms with E-state index >= 15 is 0 Å². The summed E-state index contributed by atoms with van der Waals surface area (Å²) >= 11 is 0. The number of hydrogen-bond donors (Lipinski definition) is 2. The van der Waals surface area contributed by atoms with Crippen LogP contribution in [0.4, 0.5) is 5.69 Å². The zero-order valence-electron chi connectivity index (χ0n) is 8.98. The van der Waals surface area contributed by atoms with Crippen molar-refractivity contribution in [2.24, 2.45) is 0 Å². The minimum absolute atomic E-state index is 0.487. The second kappa shape index (κ2) is 4.14. The average molecular weight is 221 g/mol. The number of hydrogen-bond acceptors (Lipinski definition) is 3. The van der Waals surface area contributed by atoms with Crippen molar-refractivity contribution < 1.29 is 14.6 Å². The smallest absolute Gasteiger partial charge is 0.314 e. The highest BCUT2D eigenvalue weighted by molar-refractivity contribution is 5.82. The van der Waals surface area contributed by atoms with E-state index in [9.17, 15) is 9.90 Å². The molecule has 16 heavy (non-hydrogen) atoms. The Morgan fingerprint density at radius 1 is 1.38 bits per heavy atom. The van der Waals surface area contributed by atoms with Crippen molar-refractivity contribution in [2.75, 3.05) is 18.9 Å². The molecule has 86 valence electrons. The number of carbonyl (C=O) groups is 1. The number of nitrogen functional groups attached to an aromatic ring is 1. The van der Waals surface area contributed by atoms with Crippen molar-refractivity contribution in [1.82, 2.24) is 0 Å². The number of anilines is 1. The predicted molar refractivity (Wildman–Crippen MR) is 60.2 cm³/mol. The third-order valence-electron chi connectivity index (χ3n) is 3.19. The molecule has 0 spiro atoms. The Hall–Kier alpha value is -1.55. The first kappa shape index (κ1) is 11.0. The zero-order chi connectivity index (χ0) is 11.6. The van der Waals surface area contributed by atoms with Crippen LogP contribution >= 0.6 is 0 Å². The van der Waals surface area contributed by atoms with E-state index in [0.29, 0.717) is 31.7 Å². The molecule has 1 saturated heterocycles. The van der Waals surface area contributed by atoms with Crippen molar-refractivity contribution in [3.8, 4) is 0 Å². The predicted octanol–water partition coefficient (Wildman–Crippen LogP) is 1.40. The molecule has 0 amide bonds. The largest absolute Gasteiger partial charge is 0.481 e. The molecule has 1 aromatic rings. The lowest BCUT2D eigenvalue weighted by molar-refractivity contribution is -0.147. The van der Waals surface area contributed by atoms with Crippen LogP contribution in [0.25, 0.3) is 0 Å². The van der Waals surface area contributed by atoms with Crippen molar-refractivity contribution >= 4 is 11.7 Å². The third kappa shape index (κ3) is 1.76. The van der Waals surface area contributed by atoms with Gasteiger partial charge in [0.25, 0.3) is 0 Å². The van der Waals surface area contributed by atoms with Gasteiger partial charge in [0.1, 0.15) is 0 Å². The molecular weight excluding hydrogens is 206 g/mol. The quantitative estimate of drug-likeness (QED) is 0.740. The number of carboxylic acid groups (broad SMARTS) is 1. The number of carboxylic acids is 1. The van der Waals surface area contributed by atoms with Gasteiger partial charge in [0.15, 0.2) is 0 Å². The van der Waals surface area contributed by atoms with Gasteiger partial charge in [0.2, 0.25) is 0 Å². The highest BCUT2D eigenvalue weighted by Crippen LogP contribution is 2.35. The van der Waals surface area contributed by atoms with E-state index in [1.54, 1.807) is 18.2 Å². The molecule has 2 rings (SSSR count). The molecule has 4 nitrogen and oxygen atoms in total. The lowest BCUT2D eigenvalue weighted by Gasteiger charge is -2.33. The Morgan fingerprint density at radius 3 is 2.62 bits per heavy atom. The number of ether oxygens (including phenoxy) is 1. The summed E-state index contributed by atoms with van der Waals surface area (Å²) in [7, 11) is 0. The van der Waals surface area contributed by atoms with Crippen LogP contribution in [0.3, 0.4) is 0 Å². The second-order valence-corrected chi connectivity index (χ2v) is 4.13. The van der Waals surface area contributed by atoms with Crippen LogP contribution in [-0.4, -0.2) is 24.3 Å². The molecule has 1 aliphatic rings. The van der Waals surface area contributed by atoms with E-state index < -0.39 is 11.4 Å². The summed E-state index contributed by atoms with van der Waals surface area (Å²) in [6.07, 6.45) is 1.01. The first-order valence-electron chi connectivity index (χ1n) is 5.32. The Labute approximate surface area is 94.0 Å². The van der Waals surface area contributed by atoms with Crippen LogP contribution in [0.15, 0.2) is 24.3 Å². The molecule has 0 saturated carbocycles. The minimum atomic E-state index is -0.826. The lowest BCUT2D eigenvalue weighted by atomic mass is 9.74. The molecule has 1 heterocycles. The topological polar surface area (TPSA) is 72.6 Å². The van der Waals surface area contributed by atoms with Gasteiger partial charge >= 0.3 is 5.97 Å². The molecule has 4 heteroatoms. The molecule has 0 aliphatic carbocycles. The van der Waals surface area contributed by atoms with E-state index in [1.165, 1.54) is 0 Å².